The minimum atomic E-state index is -0.0172. The number of hydrogen-bond donors (Lipinski definition) is 0. The van der Waals surface area contributed by atoms with Crippen LogP contribution in [0.2, 0.25) is 0 Å². The zero-order valence-electron chi connectivity index (χ0n) is 12.8. The average molecular weight is 411 g/mol. The second-order valence-electron chi connectivity index (χ2n) is 4.85. The number of hydrogen-bond acceptors (Lipinski definition) is 3. The Labute approximate surface area is 144 Å². The van der Waals surface area contributed by atoms with Gasteiger partial charge in [-0.05, 0) is 52.9 Å². The molecule has 2 aromatic rings. The van der Waals surface area contributed by atoms with Crippen molar-refractivity contribution >= 4 is 28.5 Å². The van der Waals surface area contributed by atoms with Crippen LogP contribution < -0.4 is 9.47 Å². The minimum Gasteiger partial charge on any atom is -0.497 e. The maximum Gasteiger partial charge on any atom is 0.253 e. The minimum absolute atomic E-state index is 0.0172. The van der Waals surface area contributed by atoms with Crippen molar-refractivity contribution in [2.45, 2.75) is 6.54 Å². The fraction of sp³-hybridized carbons (Fsp3) is 0.235. The first kappa shape index (κ1) is 16.6. The van der Waals surface area contributed by atoms with Crippen LogP contribution in [-0.4, -0.2) is 32.1 Å². The number of nitrogens with zero attached hydrogens (tertiary/aromatic N) is 1. The Morgan fingerprint density at radius 1 is 1.14 bits per heavy atom. The van der Waals surface area contributed by atoms with E-state index in [-0.39, 0.29) is 5.91 Å². The van der Waals surface area contributed by atoms with Gasteiger partial charge in [0, 0.05) is 34.4 Å². The Hall–Kier alpha value is -1.76. The van der Waals surface area contributed by atoms with Crippen LogP contribution in [0.15, 0.2) is 42.5 Å². The SMILES string of the molecule is COc1ccc(CN(C)C(=O)c2cccc(I)c2)c(OC)c1. The van der Waals surface area contributed by atoms with Crippen LogP contribution in [0.1, 0.15) is 15.9 Å². The van der Waals surface area contributed by atoms with Gasteiger partial charge >= 0.3 is 0 Å². The molecule has 22 heavy (non-hydrogen) atoms. The first-order chi connectivity index (χ1) is 10.5. The molecule has 1 amide bonds. The Bertz CT molecular complexity index is 673. The van der Waals surface area contributed by atoms with Crippen molar-refractivity contribution in [3.05, 3.63) is 57.2 Å². The van der Waals surface area contributed by atoms with E-state index in [1.54, 1.807) is 26.2 Å². The zero-order valence-corrected chi connectivity index (χ0v) is 15.0. The molecule has 2 rings (SSSR count). The van der Waals surface area contributed by atoms with Crippen LogP contribution in [0.4, 0.5) is 0 Å². The van der Waals surface area contributed by atoms with Gasteiger partial charge in [0.1, 0.15) is 11.5 Å². The van der Waals surface area contributed by atoms with Crippen LogP contribution in [-0.2, 0) is 6.54 Å². The molecule has 0 atom stereocenters. The highest BCUT2D eigenvalue weighted by molar-refractivity contribution is 14.1. The standard InChI is InChI=1S/C17H18INO3/c1-19(17(20)12-5-4-6-14(18)9-12)11-13-7-8-15(21-2)10-16(13)22-3/h4-10H,11H2,1-3H3. The van der Waals surface area contributed by atoms with E-state index >= 15 is 0 Å². The van der Waals surface area contributed by atoms with E-state index in [2.05, 4.69) is 22.6 Å². The number of carbonyl (C=O) groups is 1. The van der Waals surface area contributed by atoms with Crippen LogP contribution >= 0.6 is 22.6 Å². The molecule has 0 heterocycles. The molecular weight excluding hydrogens is 393 g/mol. The van der Waals surface area contributed by atoms with Gasteiger partial charge in [-0.2, -0.15) is 0 Å². The smallest absolute Gasteiger partial charge is 0.253 e. The molecule has 116 valence electrons. The molecule has 0 radical (unpaired) electrons. The molecule has 0 aliphatic rings. The van der Waals surface area contributed by atoms with E-state index in [0.29, 0.717) is 17.9 Å². The highest BCUT2D eigenvalue weighted by atomic mass is 127. The van der Waals surface area contributed by atoms with Gasteiger partial charge in [-0.3, -0.25) is 4.79 Å². The molecule has 0 N–H and O–H groups in total. The summed E-state index contributed by atoms with van der Waals surface area (Å²) in [6.45, 7) is 0.470. The van der Waals surface area contributed by atoms with E-state index in [1.165, 1.54) is 0 Å². The van der Waals surface area contributed by atoms with Crippen LogP contribution in [0.5, 0.6) is 11.5 Å². The number of rotatable bonds is 5. The summed E-state index contributed by atoms with van der Waals surface area (Å²) < 4.78 is 11.6. The Morgan fingerprint density at radius 3 is 2.55 bits per heavy atom. The van der Waals surface area contributed by atoms with E-state index in [4.69, 9.17) is 9.47 Å². The summed E-state index contributed by atoms with van der Waals surface area (Å²) in [6, 6.07) is 13.1. The van der Waals surface area contributed by atoms with Gasteiger partial charge in [-0.25, -0.2) is 0 Å². The van der Waals surface area contributed by atoms with Crippen molar-refractivity contribution in [2.75, 3.05) is 21.3 Å². The maximum absolute atomic E-state index is 12.5. The highest BCUT2D eigenvalue weighted by Gasteiger charge is 2.14. The quantitative estimate of drug-likeness (QED) is 0.707. The van der Waals surface area contributed by atoms with Crippen molar-refractivity contribution in [1.82, 2.24) is 4.90 Å². The van der Waals surface area contributed by atoms with Gasteiger partial charge in [0.15, 0.2) is 0 Å². The van der Waals surface area contributed by atoms with Crippen molar-refractivity contribution in [2.24, 2.45) is 0 Å². The van der Waals surface area contributed by atoms with Crippen molar-refractivity contribution in [3.8, 4) is 11.5 Å². The van der Waals surface area contributed by atoms with Crippen molar-refractivity contribution in [3.63, 3.8) is 0 Å². The Morgan fingerprint density at radius 2 is 1.91 bits per heavy atom. The maximum atomic E-state index is 12.5. The third-order valence-electron chi connectivity index (χ3n) is 3.32. The molecule has 0 fully saturated rings. The molecule has 0 saturated heterocycles. The second-order valence-corrected chi connectivity index (χ2v) is 6.09. The van der Waals surface area contributed by atoms with Crippen molar-refractivity contribution in [1.29, 1.82) is 0 Å². The van der Waals surface area contributed by atoms with E-state index < -0.39 is 0 Å². The summed E-state index contributed by atoms with van der Waals surface area (Å²) in [4.78, 5) is 14.2. The summed E-state index contributed by atoms with van der Waals surface area (Å²) in [6.07, 6.45) is 0. The monoisotopic (exact) mass is 411 g/mol. The lowest BCUT2D eigenvalue weighted by Gasteiger charge is -2.19. The highest BCUT2D eigenvalue weighted by Crippen LogP contribution is 2.25. The lowest BCUT2D eigenvalue weighted by molar-refractivity contribution is 0.0784. The lowest BCUT2D eigenvalue weighted by atomic mass is 10.1. The molecule has 0 aromatic heterocycles. The summed E-state index contributed by atoms with van der Waals surface area (Å²) in [5, 5.41) is 0. The molecule has 0 saturated carbocycles. The number of carbonyl (C=O) groups excluding carboxylic acids is 1. The molecule has 5 heteroatoms. The molecule has 0 bridgehead atoms. The zero-order chi connectivity index (χ0) is 16.1. The van der Waals surface area contributed by atoms with Gasteiger partial charge < -0.3 is 14.4 Å². The van der Waals surface area contributed by atoms with Gasteiger partial charge in [0.25, 0.3) is 5.91 Å². The molecule has 2 aromatic carbocycles. The summed E-state index contributed by atoms with van der Waals surface area (Å²) >= 11 is 2.20. The number of methoxy groups -OCH3 is 2. The van der Waals surface area contributed by atoms with Gasteiger partial charge in [-0.1, -0.05) is 6.07 Å². The molecule has 0 unspecified atom stereocenters. The summed E-state index contributed by atoms with van der Waals surface area (Å²) in [5.74, 6) is 1.42. The normalized spacial score (nSPS) is 10.2. The molecular formula is C17H18INO3. The lowest BCUT2D eigenvalue weighted by Crippen LogP contribution is -2.26. The molecule has 0 aliphatic heterocycles. The topological polar surface area (TPSA) is 38.8 Å². The van der Waals surface area contributed by atoms with Crippen LogP contribution in [0.3, 0.4) is 0 Å². The summed E-state index contributed by atoms with van der Waals surface area (Å²) in [7, 11) is 5.01. The third kappa shape index (κ3) is 3.91. The first-order valence-corrected chi connectivity index (χ1v) is 7.85. The largest absolute Gasteiger partial charge is 0.497 e. The van der Waals surface area contributed by atoms with Crippen LogP contribution in [0, 0.1) is 3.57 Å². The molecule has 0 spiro atoms. The Kier molecular flexibility index (Phi) is 5.65. The third-order valence-corrected chi connectivity index (χ3v) is 3.99. The molecule has 4 nitrogen and oxygen atoms in total. The predicted octanol–water partition coefficient (Wildman–Crippen LogP) is 3.58. The second kappa shape index (κ2) is 7.49. The number of benzene rings is 2. The van der Waals surface area contributed by atoms with Crippen LogP contribution in [0.25, 0.3) is 0 Å². The number of amides is 1. The number of ether oxygens (including phenoxy) is 2. The van der Waals surface area contributed by atoms with Gasteiger partial charge in [0.2, 0.25) is 0 Å². The fourth-order valence-electron chi connectivity index (χ4n) is 2.15. The molecule has 0 aliphatic carbocycles. The summed E-state index contributed by atoms with van der Waals surface area (Å²) in [5.41, 5.74) is 1.62. The van der Waals surface area contributed by atoms with E-state index in [0.717, 1.165) is 14.9 Å². The van der Waals surface area contributed by atoms with E-state index in [1.807, 2.05) is 42.5 Å². The van der Waals surface area contributed by atoms with E-state index in [9.17, 15) is 4.79 Å². The Balaban J connectivity index is 2.18. The fourth-order valence-corrected chi connectivity index (χ4v) is 2.69. The van der Waals surface area contributed by atoms with Gasteiger partial charge in [-0.15, -0.1) is 0 Å². The van der Waals surface area contributed by atoms with Gasteiger partial charge in [0.05, 0.1) is 14.2 Å². The van der Waals surface area contributed by atoms with Crippen molar-refractivity contribution < 1.29 is 14.3 Å². The average Bonchev–Trinajstić information content (AvgIpc) is 2.54. The number of halogens is 1. The predicted molar refractivity (Wildman–Crippen MR) is 94.5 cm³/mol. The first-order valence-electron chi connectivity index (χ1n) is 6.77.